The summed E-state index contributed by atoms with van der Waals surface area (Å²) in [6, 6.07) is 5.50. The van der Waals surface area contributed by atoms with Gasteiger partial charge in [0.05, 0.1) is 0 Å². The van der Waals surface area contributed by atoms with Gasteiger partial charge in [-0.1, -0.05) is 12.1 Å². The molecule has 0 unspecified atom stereocenters. The van der Waals surface area contributed by atoms with Crippen molar-refractivity contribution in [1.82, 2.24) is 0 Å². The van der Waals surface area contributed by atoms with E-state index in [0.717, 1.165) is 5.56 Å². The van der Waals surface area contributed by atoms with E-state index in [1.807, 2.05) is 0 Å². The molecule has 0 heterocycles. The van der Waals surface area contributed by atoms with Crippen molar-refractivity contribution >= 4 is 5.97 Å². The van der Waals surface area contributed by atoms with Crippen molar-refractivity contribution in [2.75, 3.05) is 0 Å². The summed E-state index contributed by atoms with van der Waals surface area (Å²) < 4.78 is 6.37. The van der Waals surface area contributed by atoms with Gasteiger partial charge < -0.3 is 15.9 Å². The summed E-state index contributed by atoms with van der Waals surface area (Å²) in [5.74, 6) is -0.608. The second-order valence-electron chi connectivity index (χ2n) is 2.80. The first-order valence-electron chi connectivity index (χ1n) is 4.25. The van der Waals surface area contributed by atoms with Gasteiger partial charge in [-0.15, -0.1) is 0 Å². The number of carboxylic acid groups (broad SMARTS) is 1. The van der Waals surface area contributed by atoms with Crippen LogP contribution in [0.25, 0.3) is 1.43 Å². The third kappa shape index (κ3) is 2.76. The SMILES string of the molecule is [2H]OC(=O)[C@@H](N)Cc1ccc(O)cc1. The summed E-state index contributed by atoms with van der Waals surface area (Å²) in [5, 5.41) is 12.7. The molecule has 70 valence electrons. The van der Waals surface area contributed by atoms with E-state index in [1.165, 1.54) is 12.1 Å². The van der Waals surface area contributed by atoms with Gasteiger partial charge in [-0.05, 0) is 24.1 Å². The van der Waals surface area contributed by atoms with Gasteiger partial charge in [0, 0.05) is 0 Å². The number of benzene rings is 1. The van der Waals surface area contributed by atoms with Crippen LogP contribution in [-0.4, -0.2) is 22.2 Å². The third-order valence-electron chi connectivity index (χ3n) is 1.69. The molecule has 0 radical (unpaired) electrons. The summed E-state index contributed by atoms with van der Waals surface area (Å²) in [5.41, 5.74) is 6.25. The minimum absolute atomic E-state index is 0.158. The number of phenols is 1. The minimum Gasteiger partial charge on any atom is -0.508 e. The molecule has 0 spiro atoms. The molecule has 0 saturated heterocycles. The summed E-state index contributed by atoms with van der Waals surface area (Å²) in [6.45, 7) is 0. The first kappa shape index (κ1) is 8.07. The molecular weight excluding hydrogens is 170 g/mol. The Hall–Kier alpha value is -1.55. The van der Waals surface area contributed by atoms with Crippen LogP contribution in [0.15, 0.2) is 24.3 Å². The van der Waals surface area contributed by atoms with Crippen molar-refractivity contribution in [2.24, 2.45) is 5.73 Å². The summed E-state index contributed by atoms with van der Waals surface area (Å²) in [4.78, 5) is 10.8. The first-order chi connectivity index (χ1) is 6.63. The summed E-state index contributed by atoms with van der Waals surface area (Å²) in [7, 11) is 0. The zero-order valence-corrected chi connectivity index (χ0v) is 6.93. The van der Waals surface area contributed by atoms with Crippen molar-refractivity contribution in [3.63, 3.8) is 0 Å². The number of phenolic OH excluding ortho intramolecular Hbond substituents is 1. The topological polar surface area (TPSA) is 83.5 Å². The molecule has 1 atom stereocenters. The Morgan fingerprint density at radius 1 is 1.54 bits per heavy atom. The Bertz CT molecular complexity index is 312. The van der Waals surface area contributed by atoms with Gasteiger partial charge in [0.1, 0.15) is 11.8 Å². The lowest BCUT2D eigenvalue weighted by molar-refractivity contribution is -0.138. The molecule has 0 fully saturated rings. The number of carboxylic acids is 1. The predicted molar refractivity (Wildman–Crippen MR) is 47.4 cm³/mol. The van der Waals surface area contributed by atoms with Crippen LogP contribution < -0.4 is 5.73 Å². The third-order valence-corrected chi connectivity index (χ3v) is 1.69. The van der Waals surface area contributed by atoms with E-state index in [-0.39, 0.29) is 12.2 Å². The number of nitrogens with two attached hydrogens (primary N) is 1. The van der Waals surface area contributed by atoms with Gasteiger partial charge in [-0.25, -0.2) is 0 Å². The lowest BCUT2D eigenvalue weighted by Gasteiger charge is -2.05. The molecule has 13 heavy (non-hydrogen) atoms. The zero-order chi connectivity index (χ0) is 10.6. The first-order valence-corrected chi connectivity index (χ1v) is 3.84. The molecule has 1 rings (SSSR count). The van der Waals surface area contributed by atoms with E-state index in [2.05, 4.69) is 5.11 Å². The van der Waals surface area contributed by atoms with Crippen molar-refractivity contribution in [3.8, 4) is 5.75 Å². The second kappa shape index (κ2) is 3.91. The number of carbonyl (C=O) groups is 1. The standard InChI is InChI=1S/C9H11NO3/c10-8(9(12)13)5-6-1-3-7(11)4-2-6/h1-4,8,11H,5,10H2,(H,12,13)/t8-/m0/s1/i/hD. The molecule has 1 aromatic carbocycles. The van der Waals surface area contributed by atoms with Crippen molar-refractivity contribution in [3.05, 3.63) is 29.8 Å². The lowest BCUT2D eigenvalue weighted by atomic mass is 10.1. The molecule has 0 aliphatic heterocycles. The molecule has 0 amide bonds. The van der Waals surface area contributed by atoms with Crippen molar-refractivity contribution < 1.29 is 15.0 Å². The quantitative estimate of drug-likeness (QED) is 0.629. The molecule has 0 saturated carbocycles. The monoisotopic (exact) mass is 182 g/mol. The minimum atomic E-state index is -0.836. The number of aromatic hydroxyl groups is 1. The van der Waals surface area contributed by atoms with Crippen LogP contribution >= 0.6 is 0 Å². The van der Waals surface area contributed by atoms with Crippen LogP contribution in [0.1, 0.15) is 5.56 Å². The normalized spacial score (nSPS) is 13.2. The molecule has 0 aromatic heterocycles. The van der Waals surface area contributed by atoms with Crippen LogP contribution in [0.4, 0.5) is 0 Å². The van der Waals surface area contributed by atoms with Crippen LogP contribution in [0.3, 0.4) is 0 Å². The maximum atomic E-state index is 10.8. The largest absolute Gasteiger partial charge is 0.508 e. The molecule has 4 heteroatoms. The van der Waals surface area contributed by atoms with Gasteiger partial charge in [0.2, 0.25) is 0 Å². The maximum absolute atomic E-state index is 10.8. The van der Waals surface area contributed by atoms with Gasteiger partial charge in [0.25, 0.3) is 1.43 Å². The van der Waals surface area contributed by atoms with Gasteiger partial charge in [-0.3, -0.25) is 4.79 Å². The molecule has 4 N–H and O–H groups in total. The molecule has 0 aliphatic rings. The average Bonchev–Trinajstić information content (AvgIpc) is 2.20. The maximum Gasteiger partial charge on any atom is 0.320 e. The Labute approximate surface area is 77.1 Å². The highest BCUT2D eigenvalue weighted by atomic mass is 16.4. The number of aliphatic carboxylic acids is 1. The fourth-order valence-corrected chi connectivity index (χ4v) is 0.969. The van der Waals surface area contributed by atoms with Gasteiger partial charge >= 0.3 is 5.97 Å². The van der Waals surface area contributed by atoms with E-state index in [4.69, 9.17) is 12.3 Å². The van der Waals surface area contributed by atoms with Gasteiger partial charge in [0.15, 0.2) is 0 Å². The van der Waals surface area contributed by atoms with Crippen molar-refractivity contribution in [1.29, 1.82) is 1.43 Å². The fourth-order valence-electron chi connectivity index (χ4n) is 0.969. The van der Waals surface area contributed by atoms with E-state index in [0.29, 0.717) is 0 Å². The summed E-state index contributed by atoms with van der Waals surface area (Å²) >= 11 is 0. The smallest absolute Gasteiger partial charge is 0.320 e. The molecule has 1 aromatic rings. The van der Waals surface area contributed by atoms with Crippen LogP contribution in [0.5, 0.6) is 5.75 Å². The fraction of sp³-hybridized carbons (Fsp3) is 0.222. The molecule has 0 aliphatic carbocycles. The van der Waals surface area contributed by atoms with Crippen LogP contribution in [-0.2, 0) is 11.2 Å². The van der Waals surface area contributed by atoms with Crippen LogP contribution in [0, 0.1) is 0 Å². The lowest BCUT2D eigenvalue weighted by Crippen LogP contribution is -2.32. The van der Waals surface area contributed by atoms with E-state index >= 15 is 0 Å². The van der Waals surface area contributed by atoms with E-state index in [1.54, 1.807) is 12.1 Å². The number of hydrogen-bond donors (Lipinski definition) is 3. The molecule has 4 nitrogen and oxygen atoms in total. The predicted octanol–water partition coefficient (Wildman–Crippen LogP) is 0.347. The van der Waals surface area contributed by atoms with E-state index < -0.39 is 12.0 Å². The summed E-state index contributed by atoms with van der Waals surface area (Å²) in [6.07, 6.45) is 0.290. The Kier molecular flexibility index (Phi) is 2.43. The highest BCUT2D eigenvalue weighted by molar-refractivity contribution is 5.73. The second-order valence-corrected chi connectivity index (χ2v) is 2.80. The zero-order valence-electron chi connectivity index (χ0n) is 7.93. The van der Waals surface area contributed by atoms with E-state index in [9.17, 15) is 4.79 Å². The van der Waals surface area contributed by atoms with Crippen LogP contribution in [0.2, 0.25) is 0 Å². The molecule has 0 bridgehead atoms. The highest BCUT2D eigenvalue weighted by Gasteiger charge is 2.11. The Balaban J connectivity index is 2.60. The Morgan fingerprint density at radius 3 is 2.69 bits per heavy atom. The highest BCUT2D eigenvalue weighted by Crippen LogP contribution is 2.10. The number of hydrogen-bond acceptors (Lipinski definition) is 4. The Morgan fingerprint density at radius 2 is 2.15 bits per heavy atom. The number of rotatable bonds is 3. The van der Waals surface area contributed by atoms with Gasteiger partial charge in [-0.2, -0.15) is 0 Å². The molecular formula is C9H11NO3. The average molecular weight is 182 g/mol. The van der Waals surface area contributed by atoms with Crippen molar-refractivity contribution in [2.45, 2.75) is 12.5 Å².